The summed E-state index contributed by atoms with van der Waals surface area (Å²) in [6, 6.07) is 19.3. The summed E-state index contributed by atoms with van der Waals surface area (Å²) in [5.41, 5.74) is 0.526. The van der Waals surface area contributed by atoms with E-state index in [0.29, 0.717) is 12.2 Å². The zero-order valence-electron chi connectivity index (χ0n) is 17.8. The van der Waals surface area contributed by atoms with Gasteiger partial charge in [0.25, 0.3) is 5.91 Å². The van der Waals surface area contributed by atoms with Crippen LogP contribution in [0.3, 0.4) is 0 Å². The lowest BCUT2D eigenvalue weighted by Crippen LogP contribution is -2.44. The highest BCUT2D eigenvalue weighted by Gasteiger charge is 2.35. The van der Waals surface area contributed by atoms with E-state index >= 15 is 0 Å². The maximum Gasteiger partial charge on any atom is 0.261 e. The third kappa shape index (κ3) is 4.06. The van der Waals surface area contributed by atoms with E-state index in [2.05, 4.69) is 5.32 Å². The van der Waals surface area contributed by atoms with Crippen LogP contribution in [0.25, 0.3) is 10.8 Å². The molecule has 30 heavy (non-hydrogen) atoms. The summed E-state index contributed by atoms with van der Waals surface area (Å²) in [5, 5.41) is 5.22. The van der Waals surface area contributed by atoms with Crippen LogP contribution in [-0.2, 0) is 4.79 Å². The molecule has 3 aromatic rings. The highest BCUT2D eigenvalue weighted by Crippen LogP contribution is 2.41. The van der Waals surface area contributed by atoms with Crippen LogP contribution in [0.5, 0.6) is 17.2 Å². The summed E-state index contributed by atoms with van der Waals surface area (Å²) < 4.78 is 17.5. The monoisotopic (exact) mass is 405 g/mol. The number of fused-ring (bicyclic) bond motifs is 2. The maximum absolute atomic E-state index is 13.0. The molecule has 0 radical (unpaired) electrons. The Labute approximate surface area is 177 Å². The van der Waals surface area contributed by atoms with Crippen molar-refractivity contribution in [2.75, 3.05) is 7.11 Å². The predicted molar refractivity (Wildman–Crippen MR) is 117 cm³/mol. The lowest BCUT2D eigenvalue weighted by Gasteiger charge is -2.38. The van der Waals surface area contributed by atoms with E-state index in [0.717, 1.165) is 27.8 Å². The van der Waals surface area contributed by atoms with Crippen molar-refractivity contribution in [3.63, 3.8) is 0 Å². The van der Waals surface area contributed by atoms with Crippen LogP contribution in [0, 0.1) is 0 Å². The van der Waals surface area contributed by atoms with Gasteiger partial charge in [0.1, 0.15) is 22.8 Å². The van der Waals surface area contributed by atoms with Crippen molar-refractivity contribution in [2.45, 2.75) is 44.9 Å². The van der Waals surface area contributed by atoms with E-state index in [1.165, 1.54) is 0 Å². The number of benzene rings is 3. The lowest BCUT2D eigenvalue weighted by atomic mass is 9.89. The van der Waals surface area contributed by atoms with Gasteiger partial charge in [-0.1, -0.05) is 36.4 Å². The van der Waals surface area contributed by atoms with E-state index in [-0.39, 0.29) is 17.6 Å². The molecule has 1 aliphatic rings. The average molecular weight is 405 g/mol. The first-order valence-electron chi connectivity index (χ1n) is 10.2. The standard InChI is InChI=1S/C25H27NO4/c1-16(29-22-11-7-9-17-8-5-6-10-19(17)22)24(27)26-21-15-25(2,3)30-23-13-12-18(28-4)14-20(21)23/h5-14,16,21H,15H2,1-4H3,(H,26,27)/t16-,21-/m1/s1. The summed E-state index contributed by atoms with van der Waals surface area (Å²) >= 11 is 0. The van der Waals surface area contributed by atoms with Crippen LogP contribution in [0.2, 0.25) is 0 Å². The molecule has 0 spiro atoms. The van der Waals surface area contributed by atoms with Gasteiger partial charge in [-0.2, -0.15) is 0 Å². The number of rotatable bonds is 5. The number of hydrogen-bond acceptors (Lipinski definition) is 4. The number of methoxy groups -OCH3 is 1. The fourth-order valence-electron chi connectivity index (χ4n) is 3.92. The summed E-state index contributed by atoms with van der Waals surface area (Å²) in [6.07, 6.45) is 0.00992. The zero-order valence-corrected chi connectivity index (χ0v) is 17.8. The molecule has 1 heterocycles. The molecule has 0 aliphatic carbocycles. The van der Waals surface area contributed by atoms with Gasteiger partial charge in [-0.25, -0.2) is 0 Å². The quantitative estimate of drug-likeness (QED) is 0.647. The first-order valence-corrected chi connectivity index (χ1v) is 10.2. The lowest BCUT2D eigenvalue weighted by molar-refractivity contribution is -0.128. The Morgan fingerprint density at radius 2 is 1.90 bits per heavy atom. The summed E-state index contributed by atoms with van der Waals surface area (Å²) in [5.74, 6) is 2.03. The van der Waals surface area contributed by atoms with Gasteiger partial charge in [0, 0.05) is 17.4 Å². The zero-order chi connectivity index (χ0) is 21.3. The van der Waals surface area contributed by atoms with E-state index in [1.807, 2.05) is 74.5 Å². The minimum atomic E-state index is -0.643. The van der Waals surface area contributed by atoms with E-state index in [4.69, 9.17) is 14.2 Å². The molecule has 1 aliphatic heterocycles. The number of amides is 1. The Bertz CT molecular complexity index is 1070. The smallest absolute Gasteiger partial charge is 0.261 e. The molecule has 1 amide bonds. The van der Waals surface area contributed by atoms with Gasteiger partial charge in [0.15, 0.2) is 6.10 Å². The van der Waals surface area contributed by atoms with E-state index < -0.39 is 6.10 Å². The molecule has 2 atom stereocenters. The number of hydrogen-bond donors (Lipinski definition) is 1. The van der Waals surface area contributed by atoms with Crippen LogP contribution < -0.4 is 19.5 Å². The van der Waals surface area contributed by atoms with Gasteiger partial charge < -0.3 is 19.5 Å². The van der Waals surface area contributed by atoms with Gasteiger partial charge in [0.2, 0.25) is 0 Å². The molecule has 156 valence electrons. The molecule has 0 aromatic heterocycles. The summed E-state index contributed by atoms with van der Waals surface area (Å²) in [7, 11) is 1.63. The van der Waals surface area contributed by atoms with Crippen LogP contribution in [0.1, 0.15) is 38.8 Å². The second kappa shape index (κ2) is 7.90. The third-order valence-corrected chi connectivity index (χ3v) is 5.41. The molecule has 0 saturated carbocycles. The predicted octanol–water partition coefficient (Wildman–Crippen LogP) is 5.03. The highest BCUT2D eigenvalue weighted by atomic mass is 16.5. The van der Waals surface area contributed by atoms with Crippen molar-refractivity contribution in [3.05, 3.63) is 66.2 Å². The minimum absolute atomic E-state index is 0.167. The molecule has 0 bridgehead atoms. The average Bonchev–Trinajstić information content (AvgIpc) is 2.73. The van der Waals surface area contributed by atoms with Crippen molar-refractivity contribution >= 4 is 16.7 Å². The molecule has 5 heteroatoms. The minimum Gasteiger partial charge on any atom is -0.497 e. The Hall–Kier alpha value is -3.21. The normalized spacial score (nSPS) is 18.1. The third-order valence-electron chi connectivity index (χ3n) is 5.41. The van der Waals surface area contributed by atoms with Crippen molar-refractivity contribution in [1.29, 1.82) is 0 Å². The number of carbonyl (C=O) groups excluding carboxylic acids is 1. The number of nitrogens with one attached hydrogen (secondary N) is 1. The fraction of sp³-hybridized carbons (Fsp3) is 0.320. The van der Waals surface area contributed by atoms with Crippen LogP contribution in [0.15, 0.2) is 60.7 Å². The highest BCUT2D eigenvalue weighted by molar-refractivity contribution is 5.89. The molecular weight excluding hydrogens is 378 g/mol. The van der Waals surface area contributed by atoms with Gasteiger partial charge in [-0.15, -0.1) is 0 Å². The fourth-order valence-corrected chi connectivity index (χ4v) is 3.92. The van der Waals surface area contributed by atoms with Gasteiger partial charge in [-0.3, -0.25) is 4.79 Å². The van der Waals surface area contributed by atoms with E-state index in [1.54, 1.807) is 14.0 Å². The largest absolute Gasteiger partial charge is 0.497 e. The molecule has 0 saturated heterocycles. The number of ether oxygens (including phenoxy) is 3. The maximum atomic E-state index is 13.0. The first kappa shape index (κ1) is 20.1. The van der Waals surface area contributed by atoms with Crippen LogP contribution in [-0.4, -0.2) is 24.7 Å². The topological polar surface area (TPSA) is 56.8 Å². The Kier molecular flexibility index (Phi) is 5.29. The molecule has 0 fully saturated rings. The first-order chi connectivity index (χ1) is 14.4. The SMILES string of the molecule is COc1ccc2c(c1)[C@H](NC(=O)[C@@H](C)Oc1cccc3ccccc13)CC(C)(C)O2. The van der Waals surface area contributed by atoms with Gasteiger partial charge in [0.05, 0.1) is 13.2 Å². The van der Waals surface area contributed by atoms with Crippen molar-refractivity contribution < 1.29 is 19.0 Å². The van der Waals surface area contributed by atoms with Crippen LogP contribution >= 0.6 is 0 Å². The van der Waals surface area contributed by atoms with Crippen molar-refractivity contribution in [1.82, 2.24) is 5.32 Å². The molecule has 3 aromatic carbocycles. The van der Waals surface area contributed by atoms with Gasteiger partial charge >= 0.3 is 0 Å². The second-order valence-corrected chi connectivity index (χ2v) is 8.27. The second-order valence-electron chi connectivity index (χ2n) is 8.27. The molecule has 1 N–H and O–H groups in total. The van der Waals surface area contributed by atoms with Crippen molar-refractivity contribution in [3.8, 4) is 17.2 Å². The van der Waals surface area contributed by atoms with Crippen LogP contribution in [0.4, 0.5) is 0 Å². The Morgan fingerprint density at radius 1 is 1.13 bits per heavy atom. The Morgan fingerprint density at radius 3 is 2.70 bits per heavy atom. The Balaban J connectivity index is 1.54. The molecular formula is C25H27NO4. The van der Waals surface area contributed by atoms with Crippen molar-refractivity contribution in [2.24, 2.45) is 0 Å². The molecule has 4 rings (SSSR count). The number of carbonyl (C=O) groups is 1. The molecule has 5 nitrogen and oxygen atoms in total. The van der Waals surface area contributed by atoms with Gasteiger partial charge in [-0.05, 0) is 50.4 Å². The molecule has 0 unspecified atom stereocenters. The van der Waals surface area contributed by atoms with E-state index in [9.17, 15) is 4.79 Å². The summed E-state index contributed by atoms with van der Waals surface area (Å²) in [4.78, 5) is 13.0. The summed E-state index contributed by atoms with van der Waals surface area (Å²) in [6.45, 7) is 5.82.